The van der Waals surface area contributed by atoms with Gasteiger partial charge < -0.3 is 4.40 Å². The number of para-hydroxylation sites is 1. The minimum atomic E-state index is 0.129. The largest absolute Gasteiger partial charge is 0.308 e. The van der Waals surface area contributed by atoms with E-state index in [0.29, 0.717) is 0 Å². The van der Waals surface area contributed by atoms with Gasteiger partial charge >= 0.3 is 0 Å². The summed E-state index contributed by atoms with van der Waals surface area (Å²) in [5.41, 5.74) is 9.78. The normalized spacial score (nSPS) is 13.6. The Morgan fingerprint density at radius 3 is 1.98 bits per heavy atom. The summed E-state index contributed by atoms with van der Waals surface area (Å²) in [5, 5.41) is 9.26. The fourth-order valence-corrected chi connectivity index (χ4v) is 7.38. The second kappa shape index (κ2) is 8.93. The van der Waals surface area contributed by atoms with Crippen molar-refractivity contribution in [2.45, 2.75) is 81.6 Å². The van der Waals surface area contributed by atoms with E-state index in [1.54, 1.807) is 0 Å². The van der Waals surface area contributed by atoms with Crippen molar-refractivity contribution >= 4 is 59.8 Å². The van der Waals surface area contributed by atoms with Crippen molar-refractivity contribution in [1.29, 1.82) is 0 Å². The molecule has 0 atom stereocenters. The third kappa shape index (κ3) is 4.42. The zero-order valence-electron chi connectivity index (χ0n) is 26.9. The smallest absolute Gasteiger partial charge is 0.0823 e. The van der Waals surface area contributed by atoms with Crippen LogP contribution in [0.3, 0.4) is 0 Å². The molecule has 3 heterocycles. The predicted octanol–water partition coefficient (Wildman–Crippen LogP) is 11.3. The molecule has 0 bridgehead atoms. The fraction of sp³-hybridized carbons (Fsp3) is 0.375. The van der Waals surface area contributed by atoms with Crippen LogP contribution < -0.4 is 0 Å². The molecule has 0 aliphatic rings. The highest BCUT2D eigenvalue weighted by Gasteiger charge is 2.26. The molecule has 214 valence electrons. The molecule has 0 fully saturated rings. The number of hydrogen-bond donors (Lipinski definition) is 0. The summed E-state index contributed by atoms with van der Waals surface area (Å²) in [6.45, 7) is 21.0. The lowest BCUT2D eigenvalue weighted by molar-refractivity contribution is 0.411. The lowest BCUT2D eigenvalue weighted by Gasteiger charge is -2.25. The average Bonchev–Trinajstić information content (AvgIpc) is 3.21. The van der Waals surface area contributed by atoms with E-state index in [-0.39, 0.29) is 16.2 Å². The van der Waals surface area contributed by atoms with Gasteiger partial charge in [-0.15, -0.1) is 0 Å². The van der Waals surface area contributed by atoms with E-state index in [1.165, 1.54) is 70.9 Å². The van der Waals surface area contributed by atoms with Gasteiger partial charge in [0, 0.05) is 27.7 Å². The standard InChI is InChI=1S/C40H44N2/c1-38(2,3)20-24-14-15-27-25(18-24)19-31-35-34-28(26(23-41-35)21-39(4,5)6)16-17-30-29-12-10-11-13-33(29)42(37(30)34)36(31)32(27)22-40(7,8)9/h10-19,23H,20-22H2,1-9H3. The Labute approximate surface area is 250 Å². The van der Waals surface area contributed by atoms with Crippen LogP contribution in [0.5, 0.6) is 0 Å². The Kier molecular flexibility index (Phi) is 5.78. The maximum absolute atomic E-state index is 5.33. The first-order chi connectivity index (χ1) is 19.7. The van der Waals surface area contributed by atoms with E-state index >= 15 is 0 Å². The second-order valence-electron chi connectivity index (χ2n) is 16.4. The van der Waals surface area contributed by atoms with Crippen LogP contribution in [0.15, 0.2) is 66.9 Å². The van der Waals surface area contributed by atoms with Crippen molar-refractivity contribution in [1.82, 2.24) is 9.38 Å². The summed E-state index contributed by atoms with van der Waals surface area (Å²) in [4.78, 5) is 5.33. The molecule has 2 heteroatoms. The van der Waals surface area contributed by atoms with Gasteiger partial charge in [-0.3, -0.25) is 4.98 Å². The van der Waals surface area contributed by atoms with Crippen molar-refractivity contribution in [3.05, 3.63) is 83.6 Å². The molecule has 42 heavy (non-hydrogen) atoms. The van der Waals surface area contributed by atoms with Crippen LogP contribution in [0.25, 0.3) is 59.8 Å². The maximum atomic E-state index is 5.33. The van der Waals surface area contributed by atoms with Crippen LogP contribution in [0.4, 0.5) is 0 Å². The number of aromatic nitrogens is 2. The first-order valence-electron chi connectivity index (χ1n) is 15.6. The summed E-state index contributed by atoms with van der Waals surface area (Å²) in [6.07, 6.45) is 5.22. The molecule has 0 N–H and O–H groups in total. The summed E-state index contributed by atoms with van der Waals surface area (Å²) in [5.74, 6) is 0. The highest BCUT2D eigenvalue weighted by Crippen LogP contribution is 2.45. The molecule has 0 saturated carbocycles. The molecule has 0 spiro atoms. The molecule has 0 unspecified atom stereocenters. The molecule has 7 aromatic rings. The van der Waals surface area contributed by atoms with Crippen LogP contribution in [0.1, 0.15) is 79.0 Å². The van der Waals surface area contributed by atoms with E-state index in [0.717, 1.165) is 24.8 Å². The van der Waals surface area contributed by atoms with Gasteiger partial charge in [0.05, 0.1) is 22.1 Å². The minimum absolute atomic E-state index is 0.129. The monoisotopic (exact) mass is 552 g/mol. The topological polar surface area (TPSA) is 17.3 Å². The van der Waals surface area contributed by atoms with Gasteiger partial charge in [0.15, 0.2) is 0 Å². The maximum Gasteiger partial charge on any atom is 0.0823 e. The predicted molar refractivity (Wildman–Crippen MR) is 183 cm³/mol. The molecule has 0 saturated heterocycles. The molecule has 0 radical (unpaired) electrons. The number of benzene rings is 4. The van der Waals surface area contributed by atoms with Crippen LogP contribution in [-0.4, -0.2) is 9.38 Å². The van der Waals surface area contributed by atoms with Crippen molar-refractivity contribution in [2.24, 2.45) is 16.2 Å². The van der Waals surface area contributed by atoms with E-state index in [9.17, 15) is 0 Å². The van der Waals surface area contributed by atoms with Gasteiger partial charge in [0.1, 0.15) is 0 Å². The molecule has 7 rings (SSSR count). The zero-order chi connectivity index (χ0) is 29.8. The molecule has 0 aliphatic carbocycles. The first-order valence-corrected chi connectivity index (χ1v) is 15.6. The van der Waals surface area contributed by atoms with E-state index in [1.807, 2.05) is 0 Å². The summed E-state index contributed by atoms with van der Waals surface area (Å²) in [7, 11) is 0. The van der Waals surface area contributed by atoms with Gasteiger partial charge in [-0.25, -0.2) is 0 Å². The Morgan fingerprint density at radius 1 is 0.595 bits per heavy atom. The lowest BCUT2D eigenvalue weighted by Crippen LogP contribution is -2.12. The third-order valence-corrected chi connectivity index (χ3v) is 8.69. The summed E-state index contributed by atoms with van der Waals surface area (Å²) >= 11 is 0. The van der Waals surface area contributed by atoms with E-state index in [2.05, 4.69) is 134 Å². The van der Waals surface area contributed by atoms with Crippen LogP contribution in [0.2, 0.25) is 0 Å². The first kappa shape index (κ1) is 27.2. The quantitative estimate of drug-likeness (QED) is 0.157. The number of hydrogen-bond acceptors (Lipinski definition) is 1. The molecule has 3 aromatic heterocycles. The summed E-state index contributed by atoms with van der Waals surface area (Å²) < 4.78 is 2.60. The van der Waals surface area contributed by atoms with Gasteiger partial charge in [-0.05, 0) is 80.5 Å². The average molecular weight is 553 g/mol. The van der Waals surface area contributed by atoms with E-state index in [4.69, 9.17) is 4.98 Å². The highest BCUT2D eigenvalue weighted by molar-refractivity contribution is 6.29. The number of nitrogens with zero attached hydrogens (tertiary/aromatic N) is 2. The van der Waals surface area contributed by atoms with Crippen LogP contribution >= 0.6 is 0 Å². The summed E-state index contributed by atoms with van der Waals surface area (Å²) in [6, 6.07) is 23.4. The zero-order valence-corrected chi connectivity index (χ0v) is 26.9. The SMILES string of the molecule is CC(C)(C)Cc1ccc2c(CC(C)(C)C)c3c(cc2c1)c1ncc(CC(C)(C)C)c2ccc4c5ccccc5n3c4c21. The van der Waals surface area contributed by atoms with Crippen LogP contribution in [0, 0.1) is 16.2 Å². The van der Waals surface area contributed by atoms with Crippen molar-refractivity contribution in [3.63, 3.8) is 0 Å². The van der Waals surface area contributed by atoms with Crippen molar-refractivity contribution in [3.8, 4) is 0 Å². The van der Waals surface area contributed by atoms with Gasteiger partial charge in [0.2, 0.25) is 0 Å². The molecule has 0 amide bonds. The Morgan fingerprint density at radius 2 is 1.26 bits per heavy atom. The Hall–Kier alpha value is -3.65. The molecule has 4 aromatic carbocycles. The highest BCUT2D eigenvalue weighted by atomic mass is 14.9. The van der Waals surface area contributed by atoms with Crippen LogP contribution in [-0.2, 0) is 19.3 Å². The molecule has 0 aliphatic heterocycles. The molecular weight excluding hydrogens is 508 g/mol. The van der Waals surface area contributed by atoms with Gasteiger partial charge in [0.25, 0.3) is 0 Å². The van der Waals surface area contributed by atoms with Crippen molar-refractivity contribution in [2.75, 3.05) is 0 Å². The lowest BCUT2D eigenvalue weighted by atomic mass is 9.83. The van der Waals surface area contributed by atoms with E-state index < -0.39 is 0 Å². The minimum Gasteiger partial charge on any atom is -0.308 e. The number of rotatable bonds is 3. The fourth-order valence-electron chi connectivity index (χ4n) is 7.38. The van der Waals surface area contributed by atoms with Gasteiger partial charge in [-0.1, -0.05) is 111 Å². The van der Waals surface area contributed by atoms with Crippen molar-refractivity contribution < 1.29 is 0 Å². The number of fused-ring (bicyclic) bond motifs is 7. The van der Waals surface area contributed by atoms with Gasteiger partial charge in [-0.2, -0.15) is 0 Å². The Bertz CT molecular complexity index is 2150. The third-order valence-electron chi connectivity index (χ3n) is 8.69. The molecular formula is C40H44N2. The second-order valence-corrected chi connectivity index (χ2v) is 16.4. The molecule has 2 nitrogen and oxygen atoms in total. The number of pyridine rings is 2. The Balaban J connectivity index is 1.73.